The number of hydrogen-bond acceptors (Lipinski definition) is 4. The van der Waals surface area contributed by atoms with Gasteiger partial charge in [0.05, 0.1) is 17.0 Å². The molecule has 0 saturated carbocycles. The van der Waals surface area contributed by atoms with E-state index in [1.54, 1.807) is 45.0 Å². The number of carbonyl (C=O) groups excluding carboxylic acids is 2. The maximum absolute atomic E-state index is 14.3. The Morgan fingerprint density at radius 1 is 1.09 bits per heavy atom. The lowest BCUT2D eigenvalue weighted by molar-refractivity contribution is -0.140. The summed E-state index contributed by atoms with van der Waals surface area (Å²) in [7, 11) is -3.72. The Bertz CT molecular complexity index is 1160. The molecule has 0 radical (unpaired) electrons. The van der Waals surface area contributed by atoms with Crippen molar-refractivity contribution in [1.82, 2.24) is 10.2 Å². The van der Waals surface area contributed by atoms with Crippen molar-refractivity contribution < 1.29 is 22.4 Å². The molecular weight excluding hydrogens is 516 g/mol. The minimum atomic E-state index is -3.72. The topological polar surface area (TPSA) is 86.8 Å². The monoisotopic (exact) mass is 545 g/mol. The van der Waals surface area contributed by atoms with Crippen LogP contribution < -0.4 is 9.62 Å². The highest BCUT2D eigenvalue weighted by atomic mass is 35.5. The standard InChI is InChI=1S/C24H30Cl2FN3O4S/c1-16(2)28-24(32)17(3)29(15-18-8-5-6-9-21(18)27)23(31)10-7-13-30(35(4,33)34)22-14-19(25)11-12-20(22)26/h5-6,8-9,11-12,14,16-17H,7,10,13,15H2,1-4H3,(H,28,32). The van der Waals surface area contributed by atoms with Crippen LogP contribution in [0.1, 0.15) is 39.2 Å². The number of nitrogens with zero attached hydrogens (tertiary/aromatic N) is 2. The van der Waals surface area contributed by atoms with Gasteiger partial charge in [0.25, 0.3) is 0 Å². The highest BCUT2D eigenvalue weighted by Gasteiger charge is 2.28. The van der Waals surface area contributed by atoms with E-state index in [4.69, 9.17) is 23.2 Å². The molecule has 7 nitrogen and oxygen atoms in total. The Morgan fingerprint density at radius 3 is 2.34 bits per heavy atom. The van der Waals surface area contributed by atoms with Gasteiger partial charge < -0.3 is 10.2 Å². The molecule has 192 valence electrons. The highest BCUT2D eigenvalue weighted by molar-refractivity contribution is 7.92. The predicted molar refractivity (Wildman–Crippen MR) is 138 cm³/mol. The zero-order valence-electron chi connectivity index (χ0n) is 20.1. The number of rotatable bonds is 11. The van der Waals surface area contributed by atoms with Gasteiger partial charge in [0.2, 0.25) is 21.8 Å². The second-order valence-electron chi connectivity index (χ2n) is 8.49. The van der Waals surface area contributed by atoms with E-state index < -0.39 is 27.8 Å². The first kappa shape index (κ1) is 28.9. The van der Waals surface area contributed by atoms with Gasteiger partial charge in [-0.05, 0) is 51.5 Å². The highest BCUT2D eigenvalue weighted by Crippen LogP contribution is 2.31. The Hall–Kier alpha value is -2.36. The van der Waals surface area contributed by atoms with Gasteiger partial charge in [-0.2, -0.15) is 0 Å². The van der Waals surface area contributed by atoms with Crippen molar-refractivity contribution in [2.24, 2.45) is 0 Å². The normalized spacial score (nSPS) is 12.3. The molecular formula is C24H30Cl2FN3O4S. The first-order valence-electron chi connectivity index (χ1n) is 11.1. The van der Waals surface area contributed by atoms with E-state index in [0.717, 1.165) is 10.6 Å². The Labute approximate surface area is 216 Å². The maximum atomic E-state index is 14.3. The summed E-state index contributed by atoms with van der Waals surface area (Å²) in [6, 6.07) is 9.51. The summed E-state index contributed by atoms with van der Waals surface area (Å²) in [5.41, 5.74) is 0.482. The largest absolute Gasteiger partial charge is 0.352 e. The molecule has 0 heterocycles. The fourth-order valence-electron chi connectivity index (χ4n) is 3.46. The quantitative estimate of drug-likeness (QED) is 0.446. The predicted octanol–water partition coefficient (Wildman–Crippen LogP) is 4.62. The van der Waals surface area contributed by atoms with E-state index in [2.05, 4.69) is 5.32 Å². The summed E-state index contributed by atoms with van der Waals surface area (Å²) in [6.07, 6.45) is 1.11. The van der Waals surface area contributed by atoms with Crippen LogP contribution in [0.25, 0.3) is 0 Å². The van der Waals surface area contributed by atoms with Gasteiger partial charge in [-0.3, -0.25) is 13.9 Å². The first-order chi connectivity index (χ1) is 16.3. The molecule has 1 N–H and O–H groups in total. The number of halogens is 3. The van der Waals surface area contributed by atoms with Gasteiger partial charge in [-0.25, -0.2) is 12.8 Å². The third kappa shape index (κ3) is 8.37. The Balaban J connectivity index is 2.22. The van der Waals surface area contributed by atoms with Crippen molar-refractivity contribution in [2.45, 2.75) is 52.2 Å². The molecule has 11 heteroatoms. The van der Waals surface area contributed by atoms with Gasteiger partial charge in [-0.15, -0.1) is 0 Å². The third-order valence-corrected chi connectivity index (χ3v) is 6.96. The van der Waals surface area contributed by atoms with Crippen molar-refractivity contribution in [1.29, 1.82) is 0 Å². The zero-order valence-corrected chi connectivity index (χ0v) is 22.4. The number of hydrogen-bond donors (Lipinski definition) is 1. The summed E-state index contributed by atoms with van der Waals surface area (Å²) >= 11 is 12.2. The van der Waals surface area contributed by atoms with E-state index >= 15 is 0 Å². The van der Waals surface area contributed by atoms with Crippen LogP contribution in [0, 0.1) is 5.82 Å². The molecule has 2 amide bonds. The molecule has 2 aromatic rings. The minimum Gasteiger partial charge on any atom is -0.352 e. The molecule has 0 aromatic heterocycles. The molecule has 0 aliphatic carbocycles. The number of sulfonamides is 1. The number of carbonyl (C=O) groups is 2. The lowest BCUT2D eigenvalue weighted by Gasteiger charge is -2.30. The lowest BCUT2D eigenvalue weighted by atomic mass is 10.1. The SMILES string of the molecule is CC(C)NC(=O)C(C)N(Cc1ccccc1F)C(=O)CCCN(c1cc(Cl)ccc1Cl)S(C)(=O)=O. The molecule has 0 saturated heterocycles. The second-order valence-corrected chi connectivity index (χ2v) is 11.2. The summed E-state index contributed by atoms with van der Waals surface area (Å²) < 4.78 is 40.2. The third-order valence-electron chi connectivity index (χ3n) is 5.23. The van der Waals surface area contributed by atoms with Gasteiger partial charge in [0.15, 0.2) is 0 Å². The summed E-state index contributed by atoms with van der Waals surface area (Å²) in [5, 5.41) is 3.28. The van der Waals surface area contributed by atoms with Crippen molar-refractivity contribution in [3.8, 4) is 0 Å². The lowest BCUT2D eigenvalue weighted by Crippen LogP contribution is -2.49. The minimum absolute atomic E-state index is 0.0370. The van der Waals surface area contributed by atoms with E-state index in [-0.39, 0.29) is 54.2 Å². The van der Waals surface area contributed by atoms with Gasteiger partial charge in [-0.1, -0.05) is 41.4 Å². The van der Waals surface area contributed by atoms with Gasteiger partial charge in [0.1, 0.15) is 11.9 Å². The van der Waals surface area contributed by atoms with Crippen LogP contribution in [0.3, 0.4) is 0 Å². The fourth-order valence-corrected chi connectivity index (χ4v) is 4.86. The number of benzene rings is 2. The van der Waals surface area contributed by atoms with Crippen molar-refractivity contribution in [3.63, 3.8) is 0 Å². The summed E-state index contributed by atoms with van der Waals surface area (Å²) in [6.45, 7) is 5.03. The molecule has 1 unspecified atom stereocenters. The molecule has 2 rings (SSSR count). The van der Waals surface area contributed by atoms with Crippen molar-refractivity contribution in [2.75, 3.05) is 17.1 Å². The molecule has 0 spiro atoms. The van der Waals surface area contributed by atoms with Crippen LogP contribution in [0.5, 0.6) is 0 Å². The van der Waals surface area contributed by atoms with E-state index in [9.17, 15) is 22.4 Å². The van der Waals surface area contributed by atoms with Crippen molar-refractivity contribution >= 4 is 50.7 Å². The van der Waals surface area contributed by atoms with E-state index in [1.165, 1.54) is 23.1 Å². The maximum Gasteiger partial charge on any atom is 0.242 e. The summed E-state index contributed by atoms with van der Waals surface area (Å²) in [4.78, 5) is 27.1. The molecule has 2 aromatic carbocycles. The fraction of sp³-hybridized carbons (Fsp3) is 0.417. The molecule has 35 heavy (non-hydrogen) atoms. The smallest absolute Gasteiger partial charge is 0.242 e. The number of amides is 2. The van der Waals surface area contributed by atoms with Gasteiger partial charge in [0, 0.05) is 36.1 Å². The molecule has 1 atom stereocenters. The molecule has 0 aliphatic rings. The van der Waals surface area contributed by atoms with Crippen LogP contribution in [-0.2, 0) is 26.2 Å². The summed E-state index contributed by atoms with van der Waals surface area (Å²) in [5.74, 6) is -1.26. The van der Waals surface area contributed by atoms with Crippen molar-refractivity contribution in [3.05, 3.63) is 63.9 Å². The van der Waals surface area contributed by atoms with Gasteiger partial charge >= 0.3 is 0 Å². The number of anilines is 1. The van der Waals surface area contributed by atoms with E-state index in [0.29, 0.717) is 5.02 Å². The van der Waals surface area contributed by atoms with Crippen LogP contribution in [0.4, 0.5) is 10.1 Å². The average molecular weight is 546 g/mol. The van der Waals surface area contributed by atoms with Crippen LogP contribution in [0.2, 0.25) is 10.0 Å². The Morgan fingerprint density at radius 2 is 1.74 bits per heavy atom. The Kier molecular flexibility index (Phi) is 10.4. The van der Waals surface area contributed by atoms with Crippen LogP contribution >= 0.6 is 23.2 Å². The molecule has 0 bridgehead atoms. The van der Waals surface area contributed by atoms with Crippen LogP contribution in [0.15, 0.2) is 42.5 Å². The molecule has 0 aliphatic heterocycles. The van der Waals surface area contributed by atoms with Crippen LogP contribution in [-0.4, -0.2) is 50.0 Å². The number of nitrogens with one attached hydrogen (secondary N) is 1. The van der Waals surface area contributed by atoms with E-state index in [1.807, 2.05) is 0 Å². The average Bonchev–Trinajstić information content (AvgIpc) is 2.76. The zero-order chi connectivity index (χ0) is 26.3. The first-order valence-corrected chi connectivity index (χ1v) is 13.7. The second kappa shape index (κ2) is 12.6. The molecule has 0 fully saturated rings.